The molecule has 2 aliphatic rings. The molecule has 0 atom stereocenters. The summed E-state index contributed by atoms with van der Waals surface area (Å²) >= 11 is 0. The van der Waals surface area contributed by atoms with Gasteiger partial charge in [-0.05, 0) is 122 Å². The van der Waals surface area contributed by atoms with Crippen molar-refractivity contribution in [2.45, 2.75) is 6.42 Å². The lowest BCUT2D eigenvalue weighted by Gasteiger charge is -2.28. The lowest BCUT2D eigenvalue weighted by Crippen LogP contribution is -2.11. The van der Waals surface area contributed by atoms with E-state index in [2.05, 4.69) is 210 Å². The molecule has 1 N–H and O–H groups in total. The maximum absolute atomic E-state index is 3.71. The van der Waals surface area contributed by atoms with Gasteiger partial charge in [0.05, 0.1) is 5.69 Å². The molecule has 0 aromatic heterocycles. The van der Waals surface area contributed by atoms with Crippen molar-refractivity contribution in [2.24, 2.45) is 0 Å². The molecule has 9 aromatic carbocycles. The zero-order valence-corrected chi connectivity index (χ0v) is 30.2. The predicted molar refractivity (Wildman–Crippen MR) is 232 cm³/mol. The minimum absolute atomic E-state index is 0.933. The molecule has 55 heavy (non-hydrogen) atoms. The van der Waals surface area contributed by atoms with Crippen LogP contribution in [-0.4, -0.2) is 0 Å². The summed E-state index contributed by atoms with van der Waals surface area (Å²) in [5.41, 5.74) is 21.0. The summed E-state index contributed by atoms with van der Waals surface area (Å²) < 4.78 is 0. The number of hydrogen-bond acceptors (Lipinski definition) is 2. The Morgan fingerprint density at radius 1 is 0.364 bits per heavy atom. The molecule has 1 aliphatic heterocycles. The second-order valence-corrected chi connectivity index (χ2v) is 14.6. The van der Waals surface area contributed by atoms with Gasteiger partial charge in [-0.1, -0.05) is 146 Å². The SMILES string of the molecule is c1ccc(-c2ccc(N(c3ccc(-c4ccccc4)cc3)c3ccccc3-c3ccc4c(c3)-c3cc5c6c(cccc6c3C4)Nc3ccccc3-5)cc2)cc1. The zero-order valence-electron chi connectivity index (χ0n) is 30.2. The number of benzene rings is 9. The van der Waals surface area contributed by atoms with Gasteiger partial charge in [-0.3, -0.25) is 0 Å². The summed E-state index contributed by atoms with van der Waals surface area (Å²) in [6.45, 7) is 0. The van der Waals surface area contributed by atoms with Crippen molar-refractivity contribution in [1.29, 1.82) is 0 Å². The Balaban J connectivity index is 1.05. The van der Waals surface area contributed by atoms with Crippen LogP contribution in [0.3, 0.4) is 0 Å². The number of fused-ring (bicyclic) bond motifs is 6. The lowest BCUT2D eigenvalue weighted by molar-refractivity contribution is 1.27. The molecule has 1 aliphatic carbocycles. The summed E-state index contributed by atoms with van der Waals surface area (Å²) in [6.07, 6.45) is 0.933. The highest BCUT2D eigenvalue weighted by Gasteiger charge is 2.27. The van der Waals surface area contributed by atoms with E-state index in [-0.39, 0.29) is 0 Å². The Labute approximate surface area is 321 Å². The van der Waals surface area contributed by atoms with E-state index in [9.17, 15) is 0 Å². The van der Waals surface area contributed by atoms with Crippen LogP contribution in [0.15, 0.2) is 200 Å². The summed E-state index contributed by atoms with van der Waals surface area (Å²) in [5, 5.41) is 6.38. The van der Waals surface area contributed by atoms with Gasteiger partial charge in [-0.15, -0.1) is 0 Å². The maximum Gasteiger partial charge on any atom is 0.0540 e. The van der Waals surface area contributed by atoms with E-state index in [0.717, 1.165) is 29.2 Å². The third-order valence-corrected chi connectivity index (χ3v) is 11.4. The van der Waals surface area contributed by atoms with Gasteiger partial charge in [-0.2, -0.15) is 0 Å². The van der Waals surface area contributed by atoms with Crippen LogP contribution in [0.2, 0.25) is 0 Å². The van der Waals surface area contributed by atoms with E-state index < -0.39 is 0 Å². The van der Waals surface area contributed by atoms with Crippen LogP contribution in [-0.2, 0) is 6.42 Å². The topological polar surface area (TPSA) is 15.3 Å². The van der Waals surface area contributed by atoms with Crippen LogP contribution in [0.1, 0.15) is 11.1 Å². The molecule has 0 radical (unpaired) electrons. The smallest absolute Gasteiger partial charge is 0.0540 e. The highest BCUT2D eigenvalue weighted by atomic mass is 15.1. The highest BCUT2D eigenvalue weighted by Crippen LogP contribution is 2.51. The number of para-hydroxylation sites is 2. The molecule has 2 heteroatoms. The van der Waals surface area contributed by atoms with Crippen molar-refractivity contribution in [3.63, 3.8) is 0 Å². The second-order valence-electron chi connectivity index (χ2n) is 14.6. The van der Waals surface area contributed by atoms with E-state index in [1.54, 1.807) is 0 Å². The van der Waals surface area contributed by atoms with Gasteiger partial charge in [0.2, 0.25) is 0 Å². The first-order valence-corrected chi connectivity index (χ1v) is 19.1. The van der Waals surface area contributed by atoms with E-state index in [0.29, 0.717) is 0 Å². The van der Waals surface area contributed by atoms with Crippen LogP contribution < -0.4 is 10.2 Å². The molecule has 2 nitrogen and oxygen atoms in total. The molecule has 1 heterocycles. The lowest BCUT2D eigenvalue weighted by atomic mass is 9.87. The third kappa shape index (κ3) is 5.26. The molecule has 0 bridgehead atoms. The highest BCUT2D eigenvalue weighted by molar-refractivity contribution is 6.15. The molecule has 0 fully saturated rings. The van der Waals surface area contributed by atoms with Crippen LogP contribution >= 0.6 is 0 Å². The quantitative estimate of drug-likeness (QED) is 0.186. The Bertz CT molecular complexity index is 2810. The first-order valence-electron chi connectivity index (χ1n) is 19.1. The maximum atomic E-state index is 3.71. The number of rotatable bonds is 6. The van der Waals surface area contributed by atoms with Crippen LogP contribution in [0, 0.1) is 0 Å². The van der Waals surface area contributed by atoms with Crippen molar-refractivity contribution in [3.8, 4) is 55.6 Å². The molecule has 0 unspecified atom stereocenters. The van der Waals surface area contributed by atoms with Crippen molar-refractivity contribution in [1.82, 2.24) is 0 Å². The van der Waals surface area contributed by atoms with Gasteiger partial charge in [0.15, 0.2) is 0 Å². The molecule has 258 valence electrons. The fourth-order valence-electron chi connectivity index (χ4n) is 8.81. The predicted octanol–water partition coefficient (Wildman–Crippen LogP) is 14.6. The van der Waals surface area contributed by atoms with E-state index in [4.69, 9.17) is 0 Å². The van der Waals surface area contributed by atoms with E-state index in [1.165, 1.54) is 83.2 Å². The van der Waals surface area contributed by atoms with Gasteiger partial charge in [0.1, 0.15) is 0 Å². The first-order chi connectivity index (χ1) is 27.3. The molecule has 0 amide bonds. The van der Waals surface area contributed by atoms with E-state index in [1.807, 2.05) is 0 Å². The molecule has 11 rings (SSSR count). The average molecular weight is 701 g/mol. The van der Waals surface area contributed by atoms with Crippen molar-refractivity contribution in [3.05, 3.63) is 211 Å². The molecule has 0 saturated heterocycles. The number of anilines is 5. The number of hydrogen-bond donors (Lipinski definition) is 1. The molecular formula is C53H36N2. The fourth-order valence-corrected chi connectivity index (χ4v) is 8.81. The first kappa shape index (κ1) is 31.4. The van der Waals surface area contributed by atoms with Crippen LogP contribution in [0.25, 0.3) is 66.4 Å². The monoisotopic (exact) mass is 700 g/mol. The van der Waals surface area contributed by atoms with E-state index >= 15 is 0 Å². The van der Waals surface area contributed by atoms with Crippen molar-refractivity contribution < 1.29 is 0 Å². The van der Waals surface area contributed by atoms with Gasteiger partial charge in [-0.25, -0.2) is 0 Å². The Hall–Kier alpha value is -7.16. The standard InChI is InChI=1S/C53H36N2/c1-3-12-35(13-4-1)37-24-28-41(29-25-37)55(42-30-26-38(27-31-42)36-14-5-2-6-15-36)52-21-10-8-16-43(52)39-22-23-40-33-47-45-18-11-20-51-53(45)49(34-48(47)46(40)32-39)44-17-7-9-19-50(44)54-51/h1-32,34,54H,33H2. The van der Waals surface area contributed by atoms with Crippen LogP contribution in [0.5, 0.6) is 0 Å². The number of nitrogens with zero attached hydrogens (tertiary/aromatic N) is 1. The molecule has 0 spiro atoms. The third-order valence-electron chi connectivity index (χ3n) is 11.4. The second kappa shape index (κ2) is 12.8. The minimum atomic E-state index is 0.933. The Morgan fingerprint density at radius 3 is 1.62 bits per heavy atom. The van der Waals surface area contributed by atoms with Gasteiger partial charge in [0, 0.05) is 39.3 Å². The summed E-state index contributed by atoms with van der Waals surface area (Å²) in [7, 11) is 0. The average Bonchev–Trinajstić information content (AvgIpc) is 3.63. The Kier molecular flexibility index (Phi) is 7.28. The van der Waals surface area contributed by atoms with Gasteiger partial charge < -0.3 is 10.2 Å². The Morgan fingerprint density at radius 2 is 0.927 bits per heavy atom. The van der Waals surface area contributed by atoms with Crippen molar-refractivity contribution >= 4 is 39.2 Å². The molecule has 0 saturated carbocycles. The zero-order chi connectivity index (χ0) is 36.3. The van der Waals surface area contributed by atoms with Crippen molar-refractivity contribution in [2.75, 3.05) is 10.2 Å². The van der Waals surface area contributed by atoms with Gasteiger partial charge >= 0.3 is 0 Å². The molecule has 9 aromatic rings. The summed E-state index contributed by atoms with van der Waals surface area (Å²) in [5.74, 6) is 0. The van der Waals surface area contributed by atoms with Gasteiger partial charge in [0.25, 0.3) is 0 Å². The normalized spacial score (nSPS) is 12.1. The summed E-state index contributed by atoms with van der Waals surface area (Å²) in [6, 6.07) is 73.0. The van der Waals surface area contributed by atoms with Crippen LogP contribution in [0.4, 0.5) is 28.4 Å². The fraction of sp³-hybridized carbons (Fsp3) is 0.0189. The number of nitrogens with one attached hydrogen (secondary N) is 1. The molecular weight excluding hydrogens is 665 g/mol. The minimum Gasteiger partial charge on any atom is -0.354 e. The largest absolute Gasteiger partial charge is 0.354 e. The summed E-state index contributed by atoms with van der Waals surface area (Å²) in [4.78, 5) is 2.41.